The lowest BCUT2D eigenvalue weighted by Crippen LogP contribution is -2.20. The molecule has 0 aromatic heterocycles. The average molecular weight is 142 g/mol. The van der Waals surface area contributed by atoms with E-state index in [-0.39, 0.29) is 0 Å². The fraction of sp³-hybridized carbons (Fsp3) is 0.778. The van der Waals surface area contributed by atoms with Gasteiger partial charge in [-0.2, -0.15) is 0 Å². The topological polar surface area (TPSA) is 9.23 Å². The Balaban J connectivity index is 0.000000371. The summed E-state index contributed by atoms with van der Waals surface area (Å²) in [5, 5.41) is 0. The summed E-state index contributed by atoms with van der Waals surface area (Å²) in [7, 11) is 0. The molecule has 60 valence electrons. The molecule has 1 fully saturated rings. The highest BCUT2D eigenvalue weighted by atomic mass is 16.5. The Bertz CT molecular complexity index is 72.8. The predicted molar refractivity (Wildman–Crippen MR) is 45.1 cm³/mol. The molecule has 1 aliphatic heterocycles. The summed E-state index contributed by atoms with van der Waals surface area (Å²) in [4.78, 5) is 0. The zero-order chi connectivity index (χ0) is 7.98. The zero-order valence-corrected chi connectivity index (χ0v) is 7.10. The molecule has 1 rings (SSSR count). The molecule has 0 aromatic rings. The lowest BCUT2D eigenvalue weighted by atomic mass is 9.99. The standard InChI is InChI=1S/C7H14O.C2H4/c1-6-3-4-8-7(2)5-6;1-2/h6-7H,3-5H2,1-2H3;1-2H2/t6-,7?;/m0./s1. The number of rotatable bonds is 0. The van der Waals surface area contributed by atoms with E-state index in [1.165, 1.54) is 12.8 Å². The minimum atomic E-state index is 0.513. The van der Waals surface area contributed by atoms with Gasteiger partial charge in [0.1, 0.15) is 0 Å². The van der Waals surface area contributed by atoms with E-state index in [0.717, 1.165) is 12.5 Å². The van der Waals surface area contributed by atoms with Crippen molar-refractivity contribution in [3.8, 4) is 0 Å². The van der Waals surface area contributed by atoms with Crippen molar-refractivity contribution in [1.29, 1.82) is 0 Å². The molecule has 0 N–H and O–H groups in total. The van der Waals surface area contributed by atoms with Crippen LogP contribution in [0.3, 0.4) is 0 Å². The molecule has 1 heteroatoms. The summed E-state index contributed by atoms with van der Waals surface area (Å²) < 4.78 is 5.35. The zero-order valence-electron chi connectivity index (χ0n) is 7.10. The highest BCUT2D eigenvalue weighted by Crippen LogP contribution is 2.18. The summed E-state index contributed by atoms with van der Waals surface area (Å²) in [5.41, 5.74) is 0. The van der Waals surface area contributed by atoms with Gasteiger partial charge in [0.2, 0.25) is 0 Å². The van der Waals surface area contributed by atoms with E-state index in [1.54, 1.807) is 0 Å². The third-order valence-electron chi connectivity index (χ3n) is 1.75. The van der Waals surface area contributed by atoms with Crippen LogP contribution in [0, 0.1) is 5.92 Å². The van der Waals surface area contributed by atoms with E-state index in [9.17, 15) is 0 Å². The molecule has 2 atom stereocenters. The summed E-state index contributed by atoms with van der Waals surface area (Å²) in [6.07, 6.45) is 3.02. The molecule has 1 aliphatic rings. The van der Waals surface area contributed by atoms with Crippen LogP contribution >= 0.6 is 0 Å². The van der Waals surface area contributed by atoms with Crippen molar-refractivity contribution in [2.75, 3.05) is 6.61 Å². The molecular weight excluding hydrogens is 124 g/mol. The van der Waals surface area contributed by atoms with E-state index in [4.69, 9.17) is 4.74 Å². The summed E-state index contributed by atoms with van der Waals surface area (Å²) in [6.45, 7) is 11.4. The summed E-state index contributed by atoms with van der Waals surface area (Å²) in [5.74, 6) is 0.888. The number of ether oxygens (including phenoxy) is 1. The molecule has 0 spiro atoms. The maximum absolute atomic E-state index is 5.35. The Hall–Kier alpha value is -0.300. The third kappa shape index (κ3) is 3.67. The fourth-order valence-electron chi connectivity index (χ4n) is 1.22. The fourth-order valence-corrected chi connectivity index (χ4v) is 1.22. The normalized spacial score (nSPS) is 32.2. The van der Waals surface area contributed by atoms with Gasteiger partial charge in [-0.1, -0.05) is 6.92 Å². The first-order chi connectivity index (χ1) is 4.79. The van der Waals surface area contributed by atoms with Gasteiger partial charge in [-0.05, 0) is 25.7 Å². The predicted octanol–water partition coefficient (Wildman–Crippen LogP) is 2.62. The third-order valence-corrected chi connectivity index (χ3v) is 1.75. The average Bonchev–Trinajstić information content (AvgIpc) is 1.91. The molecule has 1 saturated heterocycles. The number of hydrogen-bond acceptors (Lipinski definition) is 1. The maximum atomic E-state index is 5.35. The van der Waals surface area contributed by atoms with Crippen LogP contribution in [-0.4, -0.2) is 12.7 Å². The molecule has 10 heavy (non-hydrogen) atoms. The Morgan fingerprint density at radius 3 is 2.20 bits per heavy atom. The summed E-state index contributed by atoms with van der Waals surface area (Å²) in [6, 6.07) is 0. The quantitative estimate of drug-likeness (QED) is 0.472. The van der Waals surface area contributed by atoms with Crippen molar-refractivity contribution in [3.63, 3.8) is 0 Å². The van der Waals surface area contributed by atoms with Crippen molar-refractivity contribution < 1.29 is 4.74 Å². The van der Waals surface area contributed by atoms with Crippen LogP contribution in [0.4, 0.5) is 0 Å². The van der Waals surface area contributed by atoms with Crippen LogP contribution < -0.4 is 0 Å². The molecule has 0 aromatic carbocycles. The van der Waals surface area contributed by atoms with Crippen molar-refractivity contribution >= 4 is 0 Å². The van der Waals surface area contributed by atoms with E-state index >= 15 is 0 Å². The molecule has 0 saturated carbocycles. The van der Waals surface area contributed by atoms with Crippen molar-refractivity contribution in [2.24, 2.45) is 5.92 Å². The maximum Gasteiger partial charge on any atom is 0.0549 e. The molecule has 0 amide bonds. The second kappa shape index (κ2) is 5.48. The van der Waals surface area contributed by atoms with Crippen LogP contribution in [-0.2, 0) is 4.74 Å². The van der Waals surface area contributed by atoms with E-state index < -0.39 is 0 Å². The smallest absolute Gasteiger partial charge is 0.0549 e. The Morgan fingerprint density at radius 1 is 1.30 bits per heavy atom. The van der Waals surface area contributed by atoms with Gasteiger partial charge in [-0.25, -0.2) is 0 Å². The second-order valence-corrected chi connectivity index (χ2v) is 2.81. The first kappa shape index (κ1) is 9.70. The lowest BCUT2D eigenvalue weighted by molar-refractivity contribution is 0.00682. The van der Waals surface area contributed by atoms with Crippen molar-refractivity contribution in [2.45, 2.75) is 32.8 Å². The van der Waals surface area contributed by atoms with Gasteiger partial charge in [-0.15, -0.1) is 13.2 Å². The Morgan fingerprint density at radius 2 is 1.90 bits per heavy atom. The van der Waals surface area contributed by atoms with Gasteiger partial charge in [0.15, 0.2) is 0 Å². The second-order valence-electron chi connectivity index (χ2n) is 2.81. The van der Waals surface area contributed by atoms with Gasteiger partial charge in [0.25, 0.3) is 0 Å². The number of hydrogen-bond donors (Lipinski definition) is 0. The SMILES string of the molecule is C=C.CC1C[C@@H](C)CCO1. The van der Waals surface area contributed by atoms with Gasteiger partial charge < -0.3 is 4.74 Å². The van der Waals surface area contributed by atoms with Gasteiger partial charge in [0, 0.05) is 6.61 Å². The van der Waals surface area contributed by atoms with Gasteiger partial charge >= 0.3 is 0 Å². The molecule has 1 unspecified atom stereocenters. The molecular formula is C9H18O. The first-order valence-electron chi connectivity index (χ1n) is 3.90. The minimum Gasteiger partial charge on any atom is -0.378 e. The van der Waals surface area contributed by atoms with Gasteiger partial charge in [0.05, 0.1) is 6.10 Å². The van der Waals surface area contributed by atoms with Crippen molar-refractivity contribution in [1.82, 2.24) is 0 Å². The van der Waals surface area contributed by atoms with E-state index in [2.05, 4.69) is 27.0 Å². The van der Waals surface area contributed by atoms with Crippen LogP contribution in [0.25, 0.3) is 0 Å². The van der Waals surface area contributed by atoms with Crippen LogP contribution in [0.1, 0.15) is 26.7 Å². The van der Waals surface area contributed by atoms with Gasteiger partial charge in [-0.3, -0.25) is 0 Å². The van der Waals surface area contributed by atoms with Crippen LogP contribution in [0.15, 0.2) is 13.2 Å². The van der Waals surface area contributed by atoms with Crippen LogP contribution in [0.2, 0.25) is 0 Å². The largest absolute Gasteiger partial charge is 0.378 e. The lowest BCUT2D eigenvalue weighted by Gasteiger charge is -2.23. The highest BCUT2D eigenvalue weighted by Gasteiger charge is 2.13. The van der Waals surface area contributed by atoms with E-state index in [0.29, 0.717) is 6.10 Å². The monoisotopic (exact) mass is 142 g/mol. The molecule has 1 nitrogen and oxygen atoms in total. The minimum absolute atomic E-state index is 0.513. The van der Waals surface area contributed by atoms with E-state index in [1.807, 2.05) is 0 Å². The van der Waals surface area contributed by atoms with Crippen molar-refractivity contribution in [3.05, 3.63) is 13.2 Å². The highest BCUT2D eigenvalue weighted by molar-refractivity contribution is 4.63. The molecule has 0 aliphatic carbocycles. The van der Waals surface area contributed by atoms with Crippen LogP contribution in [0.5, 0.6) is 0 Å². The first-order valence-corrected chi connectivity index (χ1v) is 3.90. The Kier molecular flexibility index (Phi) is 5.32. The molecule has 0 bridgehead atoms. The molecule has 0 radical (unpaired) electrons. The molecule has 1 heterocycles. The summed E-state index contributed by atoms with van der Waals surface area (Å²) >= 11 is 0. The Labute approximate surface area is 64.1 Å².